The van der Waals surface area contributed by atoms with Gasteiger partial charge in [-0.15, -0.1) is 0 Å². The van der Waals surface area contributed by atoms with Crippen LogP contribution in [0, 0.1) is 11.8 Å². The minimum atomic E-state index is 0.214. The number of H-pyrrole nitrogens is 1. The zero-order valence-corrected chi connectivity index (χ0v) is 7.79. The molecule has 4 nitrogen and oxygen atoms in total. The SMILES string of the molecule is O=C1CCCN1CC#Cc1cn[nH]c1. The molecule has 0 unspecified atom stereocenters. The van der Waals surface area contributed by atoms with Gasteiger partial charge in [0.2, 0.25) is 5.91 Å². The molecule has 1 fully saturated rings. The van der Waals surface area contributed by atoms with Crippen molar-refractivity contribution < 1.29 is 4.79 Å². The number of aromatic amines is 1. The van der Waals surface area contributed by atoms with E-state index in [-0.39, 0.29) is 5.91 Å². The lowest BCUT2D eigenvalue weighted by Crippen LogP contribution is -2.24. The lowest BCUT2D eigenvalue weighted by atomic mass is 10.3. The summed E-state index contributed by atoms with van der Waals surface area (Å²) in [4.78, 5) is 13.0. The minimum absolute atomic E-state index is 0.214. The number of hydrogen-bond donors (Lipinski definition) is 1. The van der Waals surface area contributed by atoms with Crippen molar-refractivity contribution in [2.45, 2.75) is 12.8 Å². The number of carbonyl (C=O) groups is 1. The van der Waals surface area contributed by atoms with Crippen molar-refractivity contribution in [2.24, 2.45) is 0 Å². The van der Waals surface area contributed by atoms with Crippen molar-refractivity contribution in [3.05, 3.63) is 18.0 Å². The van der Waals surface area contributed by atoms with E-state index >= 15 is 0 Å². The Bertz CT molecular complexity index is 372. The van der Waals surface area contributed by atoms with Crippen molar-refractivity contribution in [1.29, 1.82) is 0 Å². The summed E-state index contributed by atoms with van der Waals surface area (Å²) in [5.74, 6) is 6.10. The minimum Gasteiger partial charge on any atom is -0.332 e. The van der Waals surface area contributed by atoms with Gasteiger partial charge < -0.3 is 4.90 Å². The van der Waals surface area contributed by atoms with Crippen LogP contribution < -0.4 is 0 Å². The first-order chi connectivity index (χ1) is 6.86. The standard InChI is InChI=1S/C10H11N3O/c14-10-4-2-6-13(10)5-1-3-9-7-11-12-8-9/h7-8H,2,4-6H2,(H,11,12). The number of amides is 1. The average Bonchev–Trinajstić information content (AvgIpc) is 2.78. The number of nitrogens with zero attached hydrogens (tertiary/aromatic N) is 2. The summed E-state index contributed by atoms with van der Waals surface area (Å²) in [6, 6.07) is 0. The molecule has 0 aromatic carbocycles. The molecule has 1 aliphatic rings. The molecule has 1 aromatic rings. The number of aromatic nitrogens is 2. The smallest absolute Gasteiger partial charge is 0.223 e. The van der Waals surface area contributed by atoms with Crippen molar-refractivity contribution in [2.75, 3.05) is 13.1 Å². The normalized spacial score (nSPS) is 15.4. The van der Waals surface area contributed by atoms with Crippen molar-refractivity contribution in [3.8, 4) is 11.8 Å². The van der Waals surface area contributed by atoms with E-state index in [0.717, 1.165) is 18.5 Å². The lowest BCUT2D eigenvalue weighted by molar-refractivity contribution is -0.127. The molecule has 0 radical (unpaired) electrons. The summed E-state index contributed by atoms with van der Waals surface area (Å²) < 4.78 is 0. The molecule has 0 atom stereocenters. The highest BCUT2D eigenvalue weighted by Crippen LogP contribution is 2.07. The monoisotopic (exact) mass is 189 g/mol. The molecule has 1 saturated heterocycles. The second-order valence-electron chi connectivity index (χ2n) is 3.21. The van der Waals surface area contributed by atoms with E-state index in [9.17, 15) is 4.79 Å². The molecule has 0 saturated carbocycles. The van der Waals surface area contributed by atoms with Crippen LogP contribution in [0.4, 0.5) is 0 Å². The maximum Gasteiger partial charge on any atom is 0.223 e. The van der Waals surface area contributed by atoms with E-state index in [1.807, 2.05) is 0 Å². The quantitative estimate of drug-likeness (QED) is 0.649. The zero-order chi connectivity index (χ0) is 9.80. The number of likely N-dealkylation sites (tertiary alicyclic amines) is 1. The van der Waals surface area contributed by atoms with E-state index in [2.05, 4.69) is 22.0 Å². The van der Waals surface area contributed by atoms with Gasteiger partial charge in [-0.1, -0.05) is 11.8 Å². The Morgan fingerprint density at radius 3 is 3.21 bits per heavy atom. The third-order valence-electron chi connectivity index (χ3n) is 2.17. The highest BCUT2D eigenvalue weighted by Gasteiger charge is 2.18. The summed E-state index contributed by atoms with van der Waals surface area (Å²) >= 11 is 0. The molecule has 0 bridgehead atoms. The van der Waals surface area contributed by atoms with Gasteiger partial charge in [-0.05, 0) is 6.42 Å². The molecular weight excluding hydrogens is 178 g/mol. The van der Waals surface area contributed by atoms with E-state index in [4.69, 9.17) is 0 Å². The molecule has 4 heteroatoms. The van der Waals surface area contributed by atoms with Crippen LogP contribution in [0.5, 0.6) is 0 Å². The van der Waals surface area contributed by atoms with Crippen molar-refractivity contribution >= 4 is 5.91 Å². The zero-order valence-electron chi connectivity index (χ0n) is 7.79. The fourth-order valence-electron chi connectivity index (χ4n) is 1.43. The Morgan fingerprint density at radius 1 is 1.64 bits per heavy atom. The second kappa shape index (κ2) is 3.97. The summed E-state index contributed by atoms with van der Waals surface area (Å²) in [6.07, 6.45) is 5.04. The van der Waals surface area contributed by atoms with Gasteiger partial charge in [0.05, 0.1) is 18.3 Å². The van der Waals surface area contributed by atoms with Crippen LogP contribution in [0.1, 0.15) is 18.4 Å². The molecule has 1 amide bonds. The van der Waals surface area contributed by atoms with Crippen LogP contribution in [0.3, 0.4) is 0 Å². The summed E-state index contributed by atoms with van der Waals surface area (Å²) in [6.45, 7) is 1.38. The molecule has 1 aliphatic heterocycles. The van der Waals surface area contributed by atoms with Crippen LogP contribution in [0.25, 0.3) is 0 Å². The van der Waals surface area contributed by atoms with Crippen LogP contribution in [0.2, 0.25) is 0 Å². The lowest BCUT2D eigenvalue weighted by Gasteiger charge is -2.09. The molecular formula is C10H11N3O. The maximum absolute atomic E-state index is 11.2. The van der Waals surface area contributed by atoms with E-state index < -0.39 is 0 Å². The predicted molar refractivity (Wildman–Crippen MR) is 51.3 cm³/mol. The van der Waals surface area contributed by atoms with Crippen LogP contribution in [-0.2, 0) is 4.79 Å². The van der Waals surface area contributed by atoms with Gasteiger partial charge in [-0.2, -0.15) is 5.10 Å². The topological polar surface area (TPSA) is 49.0 Å². The van der Waals surface area contributed by atoms with Gasteiger partial charge >= 0.3 is 0 Å². The number of carbonyl (C=O) groups excluding carboxylic acids is 1. The molecule has 1 aromatic heterocycles. The van der Waals surface area contributed by atoms with Crippen molar-refractivity contribution in [3.63, 3.8) is 0 Å². The fourth-order valence-corrected chi connectivity index (χ4v) is 1.43. The van der Waals surface area contributed by atoms with Crippen molar-refractivity contribution in [1.82, 2.24) is 15.1 Å². The van der Waals surface area contributed by atoms with Crippen LogP contribution in [0.15, 0.2) is 12.4 Å². The Hall–Kier alpha value is -1.76. The molecule has 14 heavy (non-hydrogen) atoms. The van der Waals surface area contributed by atoms with Gasteiger partial charge in [0.15, 0.2) is 0 Å². The number of hydrogen-bond acceptors (Lipinski definition) is 2. The first kappa shape index (κ1) is 8.82. The third kappa shape index (κ3) is 1.94. The average molecular weight is 189 g/mol. The predicted octanol–water partition coefficient (Wildman–Crippen LogP) is 0.384. The van der Waals surface area contributed by atoms with Gasteiger partial charge in [-0.25, -0.2) is 0 Å². The first-order valence-corrected chi connectivity index (χ1v) is 4.62. The summed E-state index contributed by atoms with van der Waals surface area (Å²) in [7, 11) is 0. The van der Waals surface area contributed by atoms with Crippen LogP contribution in [-0.4, -0.2) is 34.1 Å². The largest absolute Gasteiger partial charge is 0.332 e. The number of nitrogens with one attached hydrogen (secondary N) is 1. The molecule has 2 heterocycles. The van der Waals surface area contributed by atoms with Gasteiger partial charge in [-0.3, -0.25) is 9.89 Å². The number of rotatable bonds is 1. The van der Waals surface area contributed by atoms with E-state index in [1.165, 1.54) is 0 Å². The summed E-state index contributed by atoms with van der Waals surface area (Å²) in [5, 5.41) is 6.46. The molecule has 1 N–H and O–H groups in total. The highest BCUT2D eigenvalue weighted by atomic mass is 16.2. The van der Waals surface area contributed by atoms with Gasteiger partial charge in [0.1, 0.15) is 0 Å². The van der Waals surface area contributed by atoms with Crippen LogP contribution >= 0.6 is 0 Å². The third-order valence-corrected chi connectivity index (χ3v) is 2.17. The van der Waals surface area contributed by atoms with E-state index in [0.29, 0.717) is 13.0 Å². The molecule has 72 valence electrons. The van der Waals surface area contributed by atoms with E-state index in [1.54, 1.807) is 17.3 Å². The maximum atomic E-state index is 11.2. The van der Waals surface area contributed by atoms with Gasteiger partial charge in [0.25, 0.3) is 0 Å². The second-order valence-corrected chi connectivity index (χ2v) is 3.21. The first-order valence-electron chi connectivity index (χ1n) is 4.62. The Labute approximate surface area is 82.3 Å². The highest BCUT2D eigenvalue weighted by molar-refractivity contribution is 5.78. The van der Waals surface area contributed by atoms with Gasteiger partial charge in [0, 0.05) is 19.2 Å². The fraction of sp³-hybridized carbons (Fsp3) is 0.400. The molecule has 2 rings (SSSR count). The summed E-state index contributed by atoms with van der Waals surface area (Å²) in [5.41, 5.74) is 0.858. The molecule has 0 aliphatic carbocycles. The Balaban J connectivity index is 1.90. The Morgan fingerprint density at radius 2 is 2.57 bits per heavy atom. The Kier molecular flexibility index (Phi) is 2.50. The molecule has 0 spiro atoms.